The van der Waals surface area contributed by atoms with Gasteiger partial charge in [-0.2, -0.15) is 0 Å². The Kier molecular flexibility index (Phi) is 2.99. The number of nitro groups is 1. The summed E-state index contributed by atoms with van der Waals surface area (Å²) in [6, 6.07) is 10.9. The number of hydrogen-bond acceptors (Lipinski definition) is 3. The molecule has 0 atom stereocenters. The van der Waals surface area contributed by atoms with Crippen LogP contribution in [0.2, 0.25) is 0 Å². The monoisotopic (exact) mass is 229 g/mol. The maximum absolute atomic E-state index is 10.6. The molecule has 2 rings (SSSR count). The first-order valence-electron chi connectivity index (χ1n) is 4.56. The molecule has 0 spiro atoms. The van der Waals surface area contributed by atoms with Crippen LogP contribution in [-0.2, 0) is 0 Å². The summed E-state index contributed by atoms with van der Waals surface area (Å²) in [6.07, 6.45) is 0. The van der Waals surface area contributed by atoms with Gasteiger partial charge in [-0.25, -0.2) is 0 Å². The third-order valence-corrected chi connectivity index (χ3v) is 2.75. The number of nitrogens with zero attached hydrogens (tertiary/aromatic N) is 1. The van der Waals surface area contributed by atoms with Gasteiger partial charge in [-0.3, -0.25) is 10.1 Å². The van der Waals surface area contributed by atoms with E-state index in [2.05, 4.69) is 11.8 Å². The fraction of sp³-hybridized carbons (Fsp3) is 0. The van der Waals surface area contributed by atoms with E-state index < -0.39 is 4.92 Å². The summed E-state index contributed by atoms with van der Waals surface area (Å²) < 4.78 is 0. The van der Waals surface area contributed by atoms with Crippen molar-refractivity contribution in [1.82, 2.24) is 0 Å². The van der Waals surface area contributed by atoms with Gasteiger partial charge in [-0.15, -0.1) is 11.3 Å². The number of rotatable bonds is 1. The van der Waals surface area contributed by atoms with Crippen molar-refractivity contribution >= 4 is 17.0 Å². The number of hydrogen-bond donors (Lipinski definition) is 0. The second-order valence-corrected chi connectivity index (χ2v) is 3.92. The Balaban J connectivity index is 2.31. The summed E-state index contributed by atoms with van der Waals surface area (Å²) >= 11 is 1.28. The predicted octanol–water partition coefficient (Wildman–Crippen LogP) is 3.06. The molecule has 0 aliphatic carbocycles. The Morgan fingerprint density at radius 1 is 1.12 bits per heavy atom. The second kappa shape index (κ2) is 4.60. The molecule has 0 aliphatic rings. The van der Waals surface area contributed by atoms with Crippen LogP contribution < -0.4 is 0 Å². The van der Waals surface area contributed by atoms with Gasteiger partial charge in [-0.05, 0) is 23.4 Å². The fourth-order valence-corrected chi connectivity index (χ4v) is 1.90. The molecular formula is C12H7NO2S. The van der Waals surface area contributed by atoms with E-state index in [1.165, 1.54) is 17.4 Å². The first-order valence-corrected chi connectivity index (χ1v) is 5.44. The molecule has 4 heteroatoms. The van der Waals surface area contributed by atoms with E-state index in [1.54, 1.807) is 5.38 Å². The molecule has 0 saturated carbocycles. The van der Waals surface area contributed by atoms with Crippen molar-refractivity contribution in [3.63, 3.8) is 0 Å². The Labute approximate surface area is 96.5 Å². The van der Waals surface area contributed by atoms with Gasteiger partial charge in [0.1, 0.15) is 0 Å². The number of benzene rings is 1. The smallest absolute Gasteiger partial charge is 0.258 e. The van der Waals surface area contributed by atoms with Crippen LogP contribution in [0.15, 0.2) is 41.8 Å². The minimum absolute atomic E-state index is 0.0773. The van der Waals surface area contributed by atoms with E-state index in [1.807, 2.05) is 30.3 Å². The van der Waals surface area contributed by atoms with Gasteiger partial charge in [0.25, 0.3) is 5.69 Å². The van der Waals surface area contributed by atoms with Crippen LogP contribution in [0, 0.1) is 22.0 Å². The van der Waals surface area contributed by atoms with Crippen molar-refractivity contribution in [2.45, 2.75) is 0 Å². The molecule has 0 N–H and O–H groups in total. The normalized spacial score (nSPS) is 9.25. The van der Waals surface area contributed by atoms with Gasteiger partial charge in [0.2, 0.25) is 0 Å². The largest absolute Gasteiger partial charge is 0.295 e. The summed E-state index contributed by atoms with van der Waals surface area (Å²) in [5.74, 6) is 5.72. The average molecular weight is 229 g/mol. The summed E-state index contributed by atoms with van der Waals surface area (Å²) in [5, 5.41) is 12.3. The first kappa shape index (κ1) is 10.4. The predicted molar refractivity (Wildman–Crippen MR) is 63.4 cm³/mol. The lowest BCUT2D eigenvalue weighted by atomic mass is 10.2. The van der Waals surface area contributed by atoms with Crippen molar-refractivity contribution in [3.05, 3.63) is 62.3 Å². The second-order valence-electron chi connectivity index (χ2n) is 3.01. The molecule has 0 amide bonds. The molecule has 3 nitrogen and oxygen atoms in total. The summed E-state index contributed by atoms with van der Waals surface area (Å²) in [6.45, 7) is 0. The summed E-state index contributed by atoms with van der Waals surface area (Å²) in [5.41, 5.74) is 0.929. The topological polar surface area (TPSA) is 43.1 Å². The molecule has 0 fully saturated rings. The highest BCUT2D eigenvalue weighted by Crippen LogP contribution is 2.23. The zero-order valence-corrected chi connectivity index (χ0v) is 9.03. The molecule has 0 bridgehead atoms. The third-order valence-electron chi connectivity index (χ3n) is 1.94. The van der Waals surface area contributed by atoms with Crippen molar-refractivity contribution in [1.29, 1.82) is 0 Å². The summed E-state index contributed by atoms with van der Waals surface area (Å²) in [4.78, 5) is 10.7. The highest BCUT2D eigenvalue weighted by atomic mass is 32.1. The number of thiophene rings is 1. The lowest BCUT2D eigenvalue weighted by molar-refractivity contribution is -0.384. The van der Waals surface area contributed by atoms with Gasteiger partial charge in [0.15, 0.2) is 4.88 Å². The van der Waals surface area contributed by atoms with E-state index in [9.17, 15) is 10.1 Å². The summed E-state index contributed by atoms with van der Waals surface area (Å²) in [7, 11) is 0. The van der Waals surface area contributed by atoms with Gasteiger partial charge >= 0.3 is 0 Å². The highest BCUT2D eigenvalue weighted by Gasteiger charge is 2.12. The van der Waals surface area contributed by atoms with Gasteiger partial charge in [0.05, 0.1) is 4.92 Å². The molecule has 16 heavy (non-hydrogen) atoms. The van der Waals surface area contributed by atoms with Crippen LogP contribution in [0.25, 0.3) is 0 Å². The van der Waals surface area contributed by atoms with Crippen LogP contribution >= 0.6 is 11.3 Å². The minimum Gasteiger partial charge on any atom is -0.258 e. The fourth-order valence-electron chi connectivity index (χ4n) is 1.19. The van der Waals surface area contributed by atoms with Gasteiger partial charge in [-0.1, -0.05) is 24.1 Å². The highest BCUT2D eigenvalue weighted by molar-refractivity contribution is 7.11. The van der Waals surface area contributed by atoms with Crippen LogP contribution in [0.4, 0.5) is 5.69 Å². The lowest BCUT2D eigenvalue weighted by Gasteiger charge is -1.87. The quantitative estimate of drug-likeness (QED) is 0.428. The van der Waals surface area contributed by atoms with Crippen LogP contribution in [0.3, 0.4) is 0 Å². The average Bonchev–Trinajstić information content (AvgIpc) is 2.76. The zero-order valence-electron chi connectivity index (χ0n) is 8.21. The standard InChI is InChI=1S/C12H7NO2S/c14-13(15)11-8-9-16-12(11)7-6-10-4-2-1-3-5-10/h1-5,8-9H. The van der Waals surface area contributed by atoms with Gasteiger partial charge < -0.3 is 0 Å². The third kappa shape index (κ3) is 2.27. The Morgan fingerprint density at radius 2 is 1.88 bits per heavy atom. The molecule has 0 radical (unpaired) electrons. The molecule has 0 unspecified atom stereocenters. The van der Waals surface area contributed by atoms with E-state index in [4.69, 9.17) is 0 Å². The molecule has 1 aromatic carbocycles. The minimum atomic E-state index is -0.411. The van der Waals surface area contributed by atoms with Crippen molar-refractivity contribution in [3.8, 4) is 11.8 Å². The van der Waals surface area contributed by atoms with E-state index in [0.717, 1.165) is 5.56 Å². The van der Waals surface area contributed by atoms with E-state index in [-0.39, 0.29) is 5.69 Å². The van der Waals surface area contributed by atoms with Crippen molar-refractivity contribution < 1.29 is 4.92 Å². The first-order chi connectivity index (χ1) is 7.77. The van der Waals surface area contributed by atoms with Crippen molar-refractivity contribution in [2.24, 2.45) is 0 Å². The molecule has 1 heterocycles. The van der Waals surface area contributed by atoms with Crippen LogP contribution in [0.1, 0.15) is 10.4 Å². The Bertz CT molecular complexity index is 563. The Morgan fingerprint density at radius 3 is 2.56 bits per heavy atom. The molecule has 0 aliphatic heterocycles. The molecule has 78 valence electrons. The van der Waals surface area contributed by atoms with E-state index >= 15 is 0 Å². The Hall–Kier alpha value is -2.12. The SMILES string of the molecule is O=[N+]([O-])c1ccsc1C#Cc1ccccc1. The van der Waals surface area contributed by atoms with Crippen LogP contribution in [-0.4, -0.2) is 4.92 Å². The van der Waals surface area contributed by atoms with Gasteiger partial charge in [0, 0.05) is 11.6 Å². The van der Waals surface area contributed by atoms with Crippen LogP contribution in [0.5, 0.6) is 0 Å². The molecule has 1 aromatic heterocycles. The maximum atomic E-state index is 10.6. The molecule has 2 aromatic rings. The maximum Gasteiger partial charge on any atom is 0.295 e. The molecular weight excluding hydrogens is 222 g/mol. The lowest BCUT2D eigenvalue weighted by Crippen LogP contribution is -1.86. The zero-order chi connectivity index (χ0) is 11.4. The van der Waals surface area contributed by atoms with Crippen molar-refractivity contribution in [2.75, 3.05) is 0 Å². The molecule has 0 saturated heterocycles. The van der Waals surface area contributed by atoms with E-state index in [0.29, 0.717) is 4.88 Å².